The fourth-order valence-corrected chi connectivity index (χ4v) is 2.16. The zero-order chi connectivity index (χ0) is 14.4. The van der Waals surface area contributed by atoms with E-state index in [1.54, 1.807) is 17.0 Å². The molecule has 4 heteroatoms. The molecule has 1 rings (SSSR count). The van der Waals surface area contributed by atoms with Crippen molar-refractivity contribution in [3.63, 3.8) is 0 Å². The number of hydrogen-bond donors (Lipinski definition) is 2. The summed E-state index contributed by atoms with van der Waals surface area (Å²) in [6.45, 7) is 9.37. The molecule has 0 fully saturated rings. The maximum Gasteiger partial charge on any atom is 0.228 e. The van der Waals surface area contributed by atoms with Gasteiger partial charge in [0.25, 0.3) is 0 Å². The Morgan fingerprint density at radius 2 is 2.11 bits per heavy atom. The topological polar surface area (TPSA) is 52.6 Å². The smallest absolute Gasteiger partial charge is 0.228 e. The molecule has 106 valence electrons. The van der Waals surface area contributed by atoms with Gasteiger partial charge in [-0.1, -0.05) is 13.0 Å². The molecule has 0 spiro atoms. The first kappa shape index (κ1) is 15.5. The third kappa shape index (κ3) is 4.24. The molecule has 0 bridgehead atoms. The van der Waals surface area contributed by atoms with E-state index in [0.29, 0.717) is 13.0 Å². The summed E-state index contributed by atoms with van der Waals surface area (Å²) in [5.74, 6) is 0.260. The Bertz CT molecular complexity index is 432. The van der Waals surface area contributed by atoms with Gasteiger partial charge in [0.05, 0.1) is 5.69 Å². The van der Waals surface area contributed by atoms with Gasteiger partial charge in [0.15, 0.2) is 0 Å². The quantitative estimate of drug-likeness (QED) is 0.829. The normalized spacial score (nSPS) is 12.2. The van der Waals surface area contributed by atoms with Crippen molar-refractivity contribution in [2.45, 2.75) is 40.2 Å². The minimum atomic E-state index is 0.0738. The van der Waals surface area contributed by atoms with E-state index in [4.69, 9.17) is 0 Å². The Morgan fingerprint density at radius 3 is 2.68 bits per heavy atom. The Balaban J connectivity index is 2.87. The van der Waals surface area contributed by atoms with Gasteiger partial charge in [-0.2, -0.15) is 0 Å². The summed E-state index contributed by atoms with van der Waals surface area (Å²) < 4.78 is 0. The Labute approximate surface area is 115 Å². The molecule has 1 aromatic carbocycles. The maximum absolute atomic E-state index is 12.3. The summed E-state index contributed by atoms with van der Waals surface area (Å²) in [7, 11) is 0. The van der Waals surface area contributed by atoms with Gasteiger partial charge in [-0.15, -0.1) is 0 Å². The van der Waals surface area contributed by atoms with Crippen molar-refractivity contribution in [3.8, 4) is 5.75 Å². The van der Waals surface area contributed by atoms with E-state index in [-0.39, 0.29) is 17.7 Å². The van der Waals surface area contributed by atoms with Crippen molar-refractivity contribution in [2.75, 3.05) is 18.0 Å². The van der Waals surface area contributed by atoms with E-state index in [9.17, 15) is 9.90 Å². The third-order valence-electron chi connectivity index (χ3n) is 3.13. The van der Waals surface area contributed by atoms with Crippen molar-refractivity contribution in [2.24, 2.45) is 0 Å². The second-order valence-electron chi connectivity index (χ2n) is 4.77. The summed E-state index contributed by atoms with van der Waals surface area (Å²) in [6.07, 6.45) is 0.455. The van der Waals surface area contributed by atoms with Crippen molar-refractivity contribution in [3.05, 3.63) is 23.8 Å². The van der Waals surface area contributed by atoms with Gasteiger partial charge in [0, 0.05) is 25.1 Å². The molecule has 1 unspecified atom stereocenters. The molecule has 0 aromatic heterocycles. The van der Waals surface area contributed by atoms with Gasteiger partial charge < -0.3 is 15.3 Å². The molecular weight excluding hydrogens is 240 g/mol. The number of carbonyl (C=O) groups excluding carboxylic acids is 1. The van der Waals surface area contributed by atoms with Gasteiger partial charge in [-0.25, -0.2) is 0 Å². The van der Waals surface area contributed by atoms with Gasteiger partial charge in [0.1, 0.15) is 5.75 Å². The number of hydrogen-bond acceptors (Lipinski definition) is 3. The van der Waals surface area contributed by atoms with Crippen LogP contribution in [0.3, 0.4) is 0 Å². The van der Waals surface area contributed by atoms with Crippen LogP contribution in [0.2, 0.25) is 0 Å². The van der Waals surface area contributed by atoms with Crippen LogP contribution in [-0.2, 0) is 4.79 Å². The Morgan fingerprint density at radius 1 is 1.42 bits per heavy atom. The number of carbonyl (C=O) groups is 1. The lowest BCUT2D eigenvalue weighted by Gasteiger charge is -2.25. The highest BCUT2D eigenvalue weighted by Crippen LogP contribution is 2.25. The first-order valence-corrected chi connectivity index (χ1v) is 6.82. The SMILES string of the molecule is CCNC(C)CC(=O)N(CC)c1cc(O)ccc1C. The van der Waals surface area contributed by atoms with Crippen LogP contribution in [0.5, 0.6) is 5.75 Å². The maximum atomic E-state index is 12.3. The predicted octanol–water partition coefficient (Wildman–Crippen LogP) is 2.44. The number of aromatic hydroxyl groups is 1. The first-order valence-electron chi connectivity index (χ1n) is 6.82. The van der Waals surface area contributed by atoms with E-state index in [0.717, 1.165) is 17.8 Å². The average Bonchev–Trinajstić information content (AvgIpc) is 2.34. The highest BCUT2D eigenvalue weighted by atomic mass is 16.3. The van der Waals surface area contributed by atoms with Crippen LogP contribution in [0.4, 0.5) is 5.69 Å². The van der Waals surface area contributed by atoms with Gasteiger partial charge in [-0.05, 0) is 38.9 Å². The molecule has 2 N–H and O–H groups in total. The lowest BCUT2D eigenvalue weighted by atomic mass is 10.1. The second-order valence-corrected chi connectivity index (χ2v) is 4.77. The molecular formula is C15H24N2O2. The fourth-order valence-electron chi connectivity index (χ4n) is 2.16. The minimum absolute atomic E-state index is 0.0738. The second kappa shape index (κ2) is 7.14. The molecule has 1 atom stereocenters. The van der Waals surface area contributed by atoms with E-state index < -0.39 is 0 Å². The zero-order valence-corrected chi connectivity index (χ0v) is 12.2. The Hall–Kier alpha value is -1.55. The molecule has 4 nitrogen and oxygen atoms in total. The van der Waals surface area contributed by atoms with Crippen LogP contribution < -0.4 is 10.2 Å². The number of phenols is 1. The monoisotopic (exact) mass is 264 g/mol. The van der Waals surface area contributed by atoms with Crippen molar-refractivity contribution < 1.29 is 9.90 Å². The van der Waals surface area contributed by atoms with Gasteiger partial charge in [0.2, 0.25) is 5.91 Å². The van der Waals surface area contributed by atoms with Crippen LogP contribution in [0.25, 0.3) is 0 Å². The molecule has 0 saturated carbocycles. The average molecular weight is 264 g/mol. The highest BCUT2D eigenvalue weighted by molar-refractivity contribution is 5.94. The number of nitrogens with zero attached hydrogens (tertiary/aromatic N) is 1. The van der Waals surface area contributed by atoms with E-state index in [2.05, 4.69) is 5.32 Å². The molecule has 19 heavy (non-hydrogen) atoms. The van der Waals surface area contributed by atoms with Crippen molar-refractivity contribution in [1.29, 1.82) is 0 Å². The van der Waals surface area contributed by atoms with Gasteiger partial charge in [-0.3, -0.25) is 4.79 Å². The Kier molecular flexibility index (Phi) is 5.83. The number of amides is 1. The van der Waals surface area contributed by atoms with Crippen LogP contribution >= 0.6 is 0 Å². The largest absolute Gasteiger partial charge is 0.508 e. The summed E-state index contributed by atoms with van der Waals surface area (Å²) in [5.41, 5.74) is 1.78. The molecule has 0 aliphatic rings. The molecule has 0 heterocycles. The number of aryl methyl sites for hydroxylation is 1. The standard InChI is InChI=1S/C15H24N2O2/c1-5-16-12(4)9-15(19)17(6-2)14-10-13(18)8-7-11(14)3/h7-8,10,12,16,18H,5-6,9H2,1-4H3. The lowest BCUT2D eigenvalue weighted by Crippen LogP contribution is -2.37. The predicted molar refractivity (Wildman–Crippen MR) is 78.6 cm³/mol. The molecule has 0 radical (unpaired) electrons. The summed E-state index contributed by atoms with van der Waals surface area (Å²) in [4.78, 5) is 14.1. The summed E-state index contributed by atoms with van der Waals surface area (Å²) >= 11 is 0. The van der Waals surface area contributed by atoms with Crippen LogP contribution in [0, 0.1) is 6.92 Å². The van der Waals surface area contributed by atoms with E-state index in [1.165, 1.54) is 0 Å². The number of phenolic OH excluding ortho intramolecular Hbond substituents is 1. The van der Waals surface area contributed by atoms with E-state index in [1.807, 2.05) is 33.8 Å². The highest BCUT2D eigenvalue weighted by Gasteiger charge is 2.18. The molecule has 0 aliphatic heterocycles. The lowest BCUT2D eigenvalue weighted by molar-refractivity contribution is -0.119. The number of rotatable bonds is 6. The van der Waals surface area contributed by atoms with Crippen LogP contribution in [0.15, 0.2) is 18.2 Å². The van der Waals surface area contributed by atoms with Crippen LogP contribution in [-0.4, -0.2) is 30.1 Å². The number of anilines is 1. The van der Waals surface area contributed by atoms with E-state index >= 15 is 0 Å². The first-order chi connectivity index (χ1) is 8.99. The third-order valence-corrected chi connectivity index (χ3v) is 3.13. The summed E-state index contributed by atoms with van der Waals surface area (Å²) in [6, 6.07) is 5.27. The summed E-state index contributed by atoms with van der Waals surface area (Å²) in [5, 5.41) is 12.8. The molecule has 0 saturated heterocycles. The molecule has 1 aromatic rings. The minimum Gasteiger partial charge on any atom is -0.508 e. The van der Waals surface area contributed by atoms with Gasteiger partial charge >= 0.3 is 0 Å². The molecule has 1 amide bonds. The van der Waals surface area contributed by atoms with Crippen LogP contribution in [0.1, 0.15) is 32.8 Å². The molecule has 0 aliphatic carbocycles. The van der Waals surface area contributed by atoms with Crippen molar-refractivity contribution in [1.82, 2.24) is 5.32 Å². The number of benzene rings is 1. The fraction of sp³-hybridized carbons (Fsp3) is 0.533. The number of nitrogens with one attached hydrogen (secondary N) is 1. The van der Waals surface area contributed by atoms with Crippen molar-refractivity contribution >= 4 is 11.6 Å². The zero-order valence-electron chi connectivity index (χ0n) is 12.2.